The summed E-state index contributed by atoms with van der Waals surface area (Å²) in [6, 6.07) is 12.3. The van der Waals surface area contributed by atoms with Crippen molar-refractivity contribution in [1.82, 2.24) is 9.21 Å². The molecule has 2 aromatic carbocycles. The number of piperazine rings is 1. The van der Waals surface area contributed by atoms with E-state index in [0.717, 1.165) is 18.6 Å². The number of carbonyl (C=O) groups is 1. The summed E-state index contributed by atoms with van der Waals surface area (Å²) in [6.45, 7) is 2.94. The van der Waals surface area contributed by atoms with Crippen molar-refractivity contribution in [3.63, 3.8) is 0 Å². The van der Waals surface area contributed by atoms with Gasteiger partial charge in [-0.25, -0.2) is 12.8 Å². The lowest BCUT2D eigenvalue weighted by molar-refractivity contribution is -0.134. The van der Waals surface area contributed by atoms with Crippen LogP contribution in [0.4, 0.5) is 4.39 Å². The van der Waals surface area contributed by atoms with Gasteiger partial charge in [0.05, 0.1) is 4.90 Å². The summed E-state index contributed by atoms with van der Waals surface area (Å²) >= 11 is 0. The Kier molecular flexibility index (Phi) is 6.31. The van der Waals surface area contributed by atoms with E-state index in [2.05, 4.69) is 6.92 Å². The van der Waals surface area contributed by atoms with Crippen LogP contribution in [0.1, 0.15) is 12.5 Å². The maximum Gasteiger partial charge on any atom is 0.260 e. The highest BCUT2D eigenvalue weighted by Crippen LogP contribution is 2.18. The molecule has 0 aromatic heterocycles. The zero-order valence-corrected chi connectivity index (χ0v) is 16.5. The first-order chi connectivity index (χ1) is 13.4. The molecule has 0 bridgehead atoms. The van der Waals surface area contributed by atoms with Gasteiger partial charge in [-0.2, -0.15) is 4.31 Å². The smallest absolute Gasteiger partial charge is 0.260 e. The maximum absolute atomic E-state index is 13.0. The van der Waals surface area contributed by atoms with E-state index in [0.29, 0.717) is 5.75 Å². The van der Waals surface area contributed by atoms with Gasteiger partial charge >= 0.3 is 0 Å². The van der Waals surface area contributed by atoms with Gasteiger partial charge in [0, 0.05) is 26.2 Å². The summed E-state index contributed by atoms with van der Waals surface area (Å²) in [7, 11) is -3.69. The summed E-state index contributed by atoms with van der Waals surface area (Å²) < 4.78 is 45.1. The zero-order valence-electron chi connectivity index (χ0n) is 15.7. The molecule has 0 saturated carbocycles. The van der Waals surface area contributed by atoms with Crippen molar-refractivity contribution in [2.75, 3.05) is 32.8 Å². The first-order valence-electron chi connectivity index (χ1n) is 9.15. The molecule has 0 radical (unpaired) electrons. The molecule has 8 heteroatoms. The minimum absolute atomic E-state index is 0.0486. The highest BCUT2D eigenvalue weighted by atomic mass is 32.2. The van der Waals surface area contributed by atoms with E-state index < -0.39 is 15.8 Å². The van der Waals surface area contributed by atoms with E-state index in [-0.39, 0.29) is 43.6 Å². The van der Waals surface area contributed by atoms with Gasteiger partial charge in [-0.1, -0.05) is 19.1 Å². The fourth-order valence-electron chi connectivity index (χ4n) is 2.99. The average molecular weight is 406 g/mol. The van der Waals surface area contributed by atoms with E-state index in [4.69, 9.17) is 4.74 Å². The Morgan fingerprint density at radius 2 is 1.61 bits per heavy atom. The first-order valence-corrected chi connectivity index (χ1v) is 10.6. The van der Waals surface area contributed by atoms with Crippen LogP contribution in [0.15, 0.2) is 53.4 Å². The van der Waals surface area contributed by atoms with Gasteiger partial charge < -0.3 is 9.64 Å². The monoisotopic (exact) mass is 406 g/mol. The Hall–Kier alpha value is -2.45. The van der Waals surface area contributed by atoms with Gasteiger partial charge in [-0.15, -0.1) is 0 Å². The maximum atomic E-state index is 13.0. The number of nitrogens with zero attached hydrogens (tertiary/aromatic N) is 2. The van der Waals surface area contributed by atoms with Crippen molar-refractivity contribution in [2.24, 2.45) is 0 Å². The predicted octanol–water partition coefficient (Wildman–Crippen LogP) is 2.30. The summed E-state index contributed by atoms with van der Waals surface area (Å²) in [5.41, 5.74) is 1.19. The minimum Gasteiger partial charge on any atom is -0.484 e. The molecule has 0 aliphatic carbocycles. The number of halogens is 1. The molecule has 0 spiro atoms. The van der Waals surface area contributed by atoms with Crippen LogP contribution in [0.2, 0.25) is 0 Å². The first kappa shape index (κ1) is 20.3. The second-order valence-electron chi connectivity index (χ2n) is 6.52. The molecular formula is C20H23FN2O4S. The fourth-order valence-corrected chi connectivity index (χ4v) is 4.41. The largest absolute Gasteiger partial charge is 0.484 e. The van der Waals surface area contributed by atoms with E-state index >= 15 is 0 Å². The van der Waals surface area contributed by atoms with Crippen LogP contribution >= 0.6 is 0 Å². The Balaban J connectivity index is 1.52. The molecule has 150 valence electrons. The molecule has 2 aromatic rings. The van der Waals surface area contributed by atoms with E-state index in [1.807, 2.05) is 24.3 Å². The van der Waals surface area contributed by atoms with Crippen LogP contribution in [-0.4, -0.2) is 56.3 Å². The fraction of sp³-hybridized carbons (Fsp3) is 0.350. The van der Waals surface area contributed by atoms with E-state index in [1.165, 1.54) is 22.0 Å². The van der Waals surface area contributed by atoms with Gasteiger partial charge in [0.2, 0.25) is 10.0 Å². The standard InChI is InChI=1S/C20H23FN2O4S/c1-2-16-3-7-18(8-4-16)27-15-20(24)22-11-13-23(14-12-22)28(25,26)19-9-5-17(21)6-10-19/h3-10H,2,11-15H2,1H3. The van der Waals surface area contributed by atoms with Crippen molar-refractivity contribution < 1.29 is 22.3 Å². The third-order valence-corrected chi connectivity index (χ3v) is 6.65. The van der Waals surface area contributed by atoms with Crippen molar-refractivity contribution in [1.29, 1.82) is 0 Å². The number of aryl methyl sites for hydroxylation is 1. The molecular weight excluding hydrogens is 383 g/mol. The molecule has 0 N–H and O–H groups in total. The van der Waals surface area contributed by atoms with Gasteiger partial charge in [0.15, 0.2) is 6.61 Å². The number of ether oxygens (including phenoxy) is 1. The zero-order chi connectivity index (χ0) is 20.1. The number of sulfonamides is 1. The topological polar surface area (TPSA) is 66.9 Å². The summed E-state index contributed by atoms with van der Waals surface area (Å²) in [5.74, 6) is -0.0415. The van der Waals surface area contributed by atoms with Crippen molar-refractivity contribution >= 4 is 15.9 Å². The Bertz CT molecular complexity index is 906. The molecule has 28 heavy (non-hydrogen) atoms. The number of rotatable bonds is 6. The Morgan fingerprint density at radius 3 is 2.18 bits per heavy atom. The molecule has 6 nitrogen and oxygen atoms in total. The molecule has 0 atom stereocenters. The summed E-state index contributed by atoms with van der Waals surface area (Å²) in [4.78, 5) is 14.0. The molecule has 1 fully saturated rings. The van der Waals surface area contributed by atoms with Gasteiger partial charge in [-0.05, 0) is 48.4 Å². The third kappa shape index (κ3) is 4.69. The molecule has 0 unspecified atom stereocenters. The number of carbonyl (C=O) groups excluding carboxylic acids is 1. The lowest BCUT2D eigenvalue weighted by atomic mass is 10.2. The number of amides is 1. The van der Waals surface area contributed by atoms with Crippen LogP contribution < -0.4 is 4.74 Å². The molecule has 3 rings (SSSR count). The molecule has 1 aliphatic heterocycles. The van der Waals surface area contributed by atoms with Crippen LogP contribution in [0.5, 0.6) is 5.75 Å². The number of hydrogen-bond donors (Lipinski definition) is 0. The average Bonchev–Trinajstić information content (AvgIpc) is 2.73. The highest BCUT2D eigenvalue weighted by Gasteiger charge is 2.30. The highest BCUT2D eigenvalue weighted by molar-refractivity contribution is 7.89. The second-order valence-corrected chi connectivity index (χ2v) is 8.46. The Labute approximate surface area is 164 Å². The molecule has 1 aliphatic rings. The number of benzene rings is 2. The van der Waals surface area contributed by atoms with Crippen LogP contribution in [0, 0.1) is 5.82 Å². The lowest BCUT2D eigenvalue weighted by Crippen LogP contribution is -2.51. The van der Waals surface area contributed by atoms with Crippen molar-refractivity contribution in [2.45, 2.75) is 18.2 Å². The van der Waals surface area contributed by atoms with Crippen LogP contribution in [0.3, 0.4) is 0 Å². The lowest BCUT2D eigenvalue weighted by Gasteiger charge is -2.34. The van der Waals surface area contributed by atoms with Crippen LogP contribution in [0.25, 0.3) is 0 Å². The normalized spacial score (nSPS) is 15.4. The SMILES string of the molecule is CCc1ccc(OCC(=O)N2CCN(S(=O)(=O)c3ccc(F)cc3)CC2)cc1. The molecule has 1 heterocycles. The van der Waals surface area contributed by atoms with Gasteiger partial charge in [0.25, 0.3) is 5.91 Å². The van der Waals surface area contributed by atoms with E-state index in [1.54, 1.807) is 4.90 Å². The quantitative estimate of drug-likeness (QED) is 0.738. The summed E-state index contributed by atoms with van der Waals surface area (Å²) in [5, 5.41) is 0. The number of hydrogen-bond acceptors (Lipinski definition) is 4. The van der Waals surface area contributed by atoms with Crippen LogP contribution in [-0.2, 0) is 21.2 Å². The van der Waals surface area contributed by atoms with E-state index in [9.17, 15) is 17.6 Å². The third-order valence-electron chi connectivity index (χ3n) is 4.74. The molecule has 1 saturated heterocycles. The minimum atomic E-state index is -3.69. The van der Waals surface area contributed by atoms with Crippen molar-refractivity contribution in [3.8, 4) is 5.75 Å². The summed E-state index contributed by atoms with van der Waals surface area (Å²) in [6.07, 6.45) is 0.935. The Morgan fingerprint density at radius 1 is 1.00 bits per heavy atom. The van der Waals surface area contributed by atoms with Gasteiger partial charge in [0.1, 0.15) is 11.6 Å². The van der Waals surface area contributed by atoms with Crippen molar-refractivity contribution in [3.05, 3.63) is 59.9 Å². The predicted molar refractivity (Wildman–Crippen MR) is 103 cm³/mol. The second kappa shape index (κ2) is 8.70. The molecule has 1 amide bonds. The van der Waals surface area contributed by atoms with Gasteiger partial charge in [-0.3, -0.25) is 4.79 Å².